The van der Waals surface area contributed by atoms with Gasteiger partial charge in [0, 0.05) is 47.8 Å². The summed E-state index contributed by atoms with van der Waals surface area (Å²) in [5.41, 5.74) is 3.60. The van der Waals surface area contributed by atoms with E-state index in [1.165, 1.54) is 80.9 Å². The van der Waals surface area contributed by atoms with Crippen LogP contribution in [-0.2, 0) is 6.42 Å². The second-order valence-electron chi connectivity index (χ2n) is 14.2. The molecule has 0 radical (unpaired) electrons. The number of H-pyrrole nitrogens is 1. The number of hydrogen-bond acceptors (Lipinski definition) is 4. The summed E-state index contributed by atoms with van der Waals surface area (Å²) in [6.45, 7) is 7.45. The molecule has 3 atom stereocenters. The van der Waals surface area contributed by atoms with Crippen molar-refractivity contribution in [2.75, 3.05) is 26.7 Å². The van der Waals surface area contributed by atoms with Crippen molar-refractivity contribution in [3.8, 4) is 0 Å². The van der Waals surface area contributed by atoms with Crippen LogP contribution in [0.5, 0.6) is 0 Å². The van der Waals surface area contributed by atoms with Crippen molar-refractivity contribution in [3.05, 3.63) is 82.3 Å². The smallest absolute Gasteiger partial charge is 0.264 e. The predicted molar refractivity (Wildman–Crippen MR) is 190 cm³/mol. The van der Waals surface area contributed by atoms with Crippen LogP contribution in [0.4, 0.5) is 0 Å². The lowest BCUT2D eigenvalue weighted by molar-refractivity contribution is 0.0839. The number of unbranched alkanes of at least 4 members (excludes halogenated alkanes) is 5. The Hall–Kier alpha value is -3.42. The number of carbonyl (C=O) groups excluding carboxylic acids is 1. The average Bonchev–Trinajstić information content (AvgIpc) is 3.57. The van der Waals surface area contributed by atoms with Gasteiger partial charge in [-0.3, -0.25) is 14.5 Å². The third-order valence-electron chi connectivity index (χ3n) is 10.6. The van der Waals surface area contributed by atoms with E-state index in [0.29, 0.717) is 12.1 Å². The molecule has 1 amide bonds. The van der Waals surface area contributed by atoms with Crippen LogP contribution in [0.25, 0.3) is 21.8 Å². The van der Waals surface area contributed by atoms with Crippen LogP contribution in [-0.4, -0.2) is 70.1 Å². The summed E-state index contributed by atoms with van der Waals surface area (Å²) in [5.74, 6) is -0.219. The van der Waals surface area contributed by atoms with Gasteiger partial charge in [-0.05, 0) is 108 Å². The van der Waals surface area contributed by atoms with E-state index in [1.807, 2.05) is 38.1 Å². The fraction of sp³-hybridized carbons (Fsp3) is 0.538. The van der Waals surface area contributed by atoms with Gasteiger partial charge in [-0.15, -0.1) is 0 Å². The van der Waals surface area contributed by atoms with E-state index in [9.17, 15) is 9.59 Å². The summed E-state index contributed by atoms with van der Waals surface area (Å²) in [7, 11) is 2.25. The number of benzene rings is 2. The minimum Gasteiger partial charge on any atom is -0.361 e. The molecule has 1 unspecified atom stereocenters. The number of rotatable bonds is 15. The van der Waals surface area contributed by atoms with E-state index in [0.717, 1.165) is 36.7 Å². The summed E-state index contributed by atoms with van der Waals surface area (Å²) >= 11 is 0. The van der Waals surface area contributed by atoms with Crippen LogP contribution in [0, 0.1) is 0 Å². The zero-order valence-electron chi connectivity index (χ0n) is 28.1. The first kappa shape index (κ1) is 32.5. The Balaban J connectivity index is 0.877. The first-order chi connectivity index (χ1) is 22.4. The van der Waals surface area contributed by atoms with E-state index >= 15 is 0 Å². The van der Waals surface area contributed by atoms with Crippen molar-refractivity contribution in [2.45, 2.75) is 109 Å². The Kier molecular flexibility index (Phi) is 10.6. The highest BCUT2D eigenvalue weighted by atomic mass is 16.2. The molecule has 2 bridgehead atoms. The maximum atomic E-state index is 13.4. The summed E-state index contributed by atoms with van der Waals surface area (Å²) < 4.78 is 1.75. The van der Waals surface area contributed by atoms with Crippen LogP contribution in [0.15, 0.2) is 65.6 Å². The molecule has 2 fully saturated rings. The van der Waals surface area contributed by atoms with Crippen LogP contribution in [0.2, 0.25) is 0 Å². The quantitative estimate of drug-likeness (QED) is 0.136. The first-order valence-corrected chi connectivity index (χ1v) is 17.8. The first-order valence-electron chi connectivity index (χ1n) is 17.8. The molecule has 0 saturated carbocycles. The van der Waals surface area contributed by atoms with Crippen LogP contribution < -0.4 is 10.9 Å². The topological polar surface area (TPSA) is 73.4 Å². The van der Waals surface area contributed by atoms with Crippen molar-refractivity contribution in [1.82, 2.24) is 24.7 Å². The molecule has 2 N–H and O–H groups in total. The largest absolute Gasteiger partial charge is 0.361 e. The van der Waals surface area contributed by atoms with Gasteiger partial charge in [0.05, 0.1) is 5.52 Å². The number of fused-ring (bicyclic) bond motifs is 4. The van der Waals surface area contributed by atoms with Gasteiger partial charge in [0.15, 0.2) is 0 Å². The number of likely N-dealkylation sites (N-methyl/N-ethyl adjacent to an activating group) is 1. The molecule has 0 aliphatic carbocycles. The molecule has 2 aromatic heterocycles. The zero-order valence-corrected chi connectivity index (χ0v) is 28.1. The van der Waals surface area contributed by atoms with E-state index < -0.39 is 0 Å². The lowest BCUT2D eigenvalue weighted by atomic mass is 9.96. The number of amides is 1. The van der Waals surface area contributed by atoms with Gasteiger partial charge in [-0.1, -0.05) is 62.1 Å². The Bertz CT molecular complexity index is 1660. The average molecular weight is 624 g/mol. The number of hydrogen-bond donors (Lipinski definition) is 2. The van der Waals surface area contributed by atoms with Crippen molar-refractivity contribution < 1.29 is 4.79 Å². The molecule has 4 aromatic rings. The van der Waals surface area contributed by atoms with E-state index in [4.69, 9.17) is 0 Å². The molecular formula is C39H53N5O2. The number of nitrogens with zero attached hydrogens (tertiary/aromatic N) is 3. The molecule has 7 heteroatoms. The summed E-state index contributed by atoms with van der Waals surface area (Å²) in [4.78, 5) is 35.4. The maximum absolute atomic E-state index is 13.4. The number of para-hydroxylation sites is 2. The highest BCUT2D eigenvalue weighted by molar-refractivity contribution is 5.97. The molecule has 246 valence electrons. The van der Waals surface area contributed by atoms with Gasteiger partial charge in [-0.25, -0.2) is 0 Å². The molecule has 4 heterocycles. The lowest BCUT2D eigenvalue weighted by Gasteiger charge is -2.39. The summed E-state index contributed by atoms with van der Waals surface area (Å²) in [6, 6.07) is 19.4. The number of nitrogens with one attached hydrogen (secondary N) is 2. The molecule has 6 rings (SSSR count). The zero-order chi connectivity index (χ0) is 32.0. The van der Waals surface area contributed by atoms with Crippen LogP contribution >= 0.6 is 0 Å². The van der Waals surface area contributed by atoms with Crippen LogP contribution in [0.1, 0.15) is 100 Å². The molecule has 2 aliphatic rings. The lowest BCUT2D eigenvalue weighted by Crippen LogP contribution is -2.51. The van der Waals surface area contributed by atoms with Gasteiger partial charge < -0.3 is 19.8 Å². The van der Waals surface area contributed by atoms with Gasteiger partial charge in [-0.2, -0.15) is 0 Å². The van der Waals surface area contributed by atoms with Crippen molar-refractivity contribution in [3.63, 3.8) is 0 Å². The minimum absolute atomic E-state index is 0.0157. The second-order valence-corrected chi connectivity index (χ2v) is 14.2. The minimum atomic E-state index is -0.219. The van der Waals surface area contributed by atoms with Gasteiger partial charge in [0.2, 0.25) is 0 Å². The molecular weight excluding hydrogens is 570 g/mol. The number of pyridine rings is 1. The highest BCUT2D eigenvalue weighted by Gasteiger charge is 2.40. The monoisotopic (exact) mass is 623 g/mol. The Labute approximate surface area is 274 Å². The number of aromatic nitrogens is 2. The summed E-state index contributed by atoms with van der Waals surface area (Å²) in [5, 5.41) is 5.56. The predicted octanol–water partition coefficient (Wildman–Crippen LogP) is 7.30. The standard InChI is InChI=1S/C39H53N5O2/c1-28(2)44-37-17-11-8-14-29(37)24-35(39(44)46)38(45)41-31-25-32-18-19-33(26-31)43(32)22-13-7-5-4-6-12-21-42(3)23-20-30-27-40-36-16-10-9-15-34(30)36/h8-11,14-17,24,27-28,31-33,40H,4-7,12-13,18-23,25-26H2,1-3H3,(H,41,45)/t31?,32-,33+. The molecule has 7 nitrogen and oxygen atoms in total. The Morgan fingerprint density at radius 3 is 2.41 bits per heavy atom. The van der Waals surface area contributed by atoms with E-state index in [-0.39, 0.29) is 29.1 Å². The van der Waals surface area contributed by atoms with Gasteiger partial charge in [0.25, 0.3) is 11.5 Å². The van der Waals surface area contributed by atoms with E-state index in [2.05, 4.69) is 57.6 Å². The summed E-state index contributed by atoms with van der Waals surface area (Å²) in [6.07, 6.45) is 15.5. The maximum Gasteiger partial charge on any atom is 0.264 e. The third kappa shape index (κ3) is 7.42. The number of piperidine rings is 1. The molecule has 2 aliphatic heterocycles. The van der Waals surface area contributed by atoms with Crippen molar-refractivity contribution in [1.29, 1.82) is 0 Å². The SMILES string of the molecule is CC(C)n1c(=O)c(C(=O)NC2C[C@H]3CC[C@@H](C2)N3CCCCCCCCN(C)CCc2c[nH]c3ccccc23)cc2ccccc21. The number of carbonyl (C=O) groups is 1. The van der Waals surface area contributed by atoms with Crippen LogP contribution in [0.3, 0.4) is 0 Å². The van der Waals surface area contributed by atoms with Gasteiger partial charge >= 0.3 is 0 Å². The van der Waals surface area contributed by atoms with E-state index in [1.54, 1.807) is 10.6 Å². The molecule has 2 aromatic carbocycles. The third-order valence-corrected chi connectivity index (χ3v) is 10.6. The number of aromatic amines is 1. The van der Waals surface area contributed by atoms with Crippen molar-refractivity contribution in [2.24, 2.45) is 0 Å². The molecule has 46 heavy (non-hydrogen) atoms. The highest BCUT2D eigenvalue weighted by Crippen LogP contribution is 2.36. The Morgan fingerprint density at radius 2 is 1.63 bits per heavy atom. The molecule has 2 saturated heterocycles. The Morgan fingerprint density at radius 1 is 0.935 bits per heavy atom. The second kappa shape index (κ2) is 15.0. The fourth-order valence-electron chi connectivity index (χ4n) is 8.13. The normalized spacial score (nSPS) is 20.0. The van der Waals surface area contributed by atoms with Gasteiger partial charge in [0.1, 0.15) is 5.56 Å². The molecule has 0 spiro atoms. The van der Waals surface area contributed by atoms with Crippen molar-refractivity contribution >= 4 is 27.7 Å². The fourth-order valence-corrected chi connectivity index (χ4v) is 8.13.